The normalized spacial score (nSPS) is 20.2. The number of aryl methyl sites for hydroxylation is 1. The highest BCUT2D eigenvalue weighted by atomic mass is 32.1. The van der Waals surface area contributed by atoms with Crippen LogP contribution in [0.2, 0.25) is 0 Å². The number of carbonyl (C=O) groups is 3. The largest absolute Gasteiger partial charge is 0.469 e. The minimum Gasteiger partial charge on any atom is -0.469 e. The van der Waals surface area contributed by atoms with Crippen molar-refractivity contribution in [1.29, 1.82) is 0 Å². The first-order valence-electron chi connectivity index (χ1n) is 9.70. The summed E-state index contributed by atoms with van der Waals surface area (Å²) in [6.45, 7) is 3.78. The SMILES string of the molecule is COC(=O)CC(C)NC(=O)C1CCC(=O)N(c2ccc(C)cc2)C1c1cccs1. The van der Waals surface area contributed by atoms with Crippen LogP contribution in [0.25, 0.3) is 0 Å². The van der Waals surface area contributed by atoms with E-state index in [2.05, 4.69) is 10.1 Å². The molecule has 1 aliphatic heterocycles. The molecule has 6 nitrogen and oxygen atoms in total. The summed E-state index contributed by atoms with van der Waals surface area (Å²) < 4.78 is 4.69. The Kier molecular flexibility index (Phi) is 6.69. The summed E-state index contributed by atoms with van der Waals surface area (Å²) in [7, 11) is 1.33. The third-order valence-corrected chi connectivity index (χ3v) is 6.11. The zero-order valence-electron chi connectivity index (χ0n) is 16.9. The number of carbonyl (C=O) groups excluding carboxylic acids is 3. The van der Waals surface area contributed by atoms with E-state index in [0.717, 1.165) is 16.1 Å². The number of hydrogen-bond acceptors (Lipinski definition) is 5. The minimum absolute atomic E-state index is 0.0129. The Bertz CT molecular complexity index is 863. The van der Waals surface area contributed by atoms with Gasteiger partial charge in [-0.3, -0.25) is 14.4 Å². The fourth-order valence-corrected chi connectivity index (χ4v) is 4.58. The van der Waals surface area contributed by atoms with Crippen LogP contribution in [-0.4, -0.2) is 30.9 Å². The molecule has 1 aliphatic rings. The third-order valence-electron chi connectivity index (χ3n) is 5.17. The van der Waals surface area contributed by atoms with Crippen LogP contribution in [0.5, 0.6) is 0 Å². The van der Waals surface area contributed by atoms with Crippen LogP contribution in [0.15, 0.2) is 41.8 Å². The number of methoxy groups -OCH3 is 1. The number of rotatable bonds is 6. The third kappa shape index (κ3) is 4.85. The molecule has 2 aromatic rings. The summed E-state index contributed by atoms with van der Waals surface area (Å²) >= 11 is 1.54. The lowest BCUT2D eigenvalue weighted by Crippen LogP contribution is -2.49. The Morgan fingerprint density at radius 3 is 2.62 bits per heavy atom. The van der Waals surface area contributed by atoms with Crippen LogP contribution < -0.4 is 10.2 Å². The van der Waals surface area contributed by atoms with E-state index in [4.69, 9.17) is 0 Å². The van der Waals surface area contributed by atoms with Crippen molar-refractivity contribution in [3.8, 4) is 0 Å². The zero-order chi connectivity index (χ0) is 21.0. The average molecular weight is 415 g/mol. The Morgan fingerprint density at radius 2 is 2.00 bits per heavy atom. The maximum absolute atomic E-state index is 13.1. The molecule has 3 atom stereocenters. The van der Waals surface area contributed by atoms with Gasteiger partial charge in [-0.1, -0.05) is 23.8 Å². The summed E-state index contributed by atoms with van der Waals surface area (Å²) in [5, 5.41) is 4.88. The maximum atomic E-state index is 13.1. The number of thiophene rings is 1. The summed E-state index contributed by atoms with van der Waals surface area (Å²) in [6, 6.07) is 11.0. The lowest BCUT2D eigenvalue weighted by atomic mass is 9.86. The first-order valence-corrected chi connectivity index (χ1v) is 10.6. The highest BCUT2D eigenvalue weighted by Crippen LogP contribution is 2.41. The predicted molar refractivity (Wildman–Crippen MR) is 113 cm³/mol. The second-order valence-electron chi connectivity index (χ2n) is 7.39. The molecule has 3 unspecified atom stereocenters. The van der Waals surface area contributed by atoms with Gasteiger partial charge in [0.05, 0.1) is 25.5 Å². The van der Waals surface area contributed by atoms with Crippen LogP contribution in [-0.2, 0) is 19.1 Å². The lowest BCUT2D eigenvalue weighted by molar-refractivity contribution is -0.141. The van der Waals surface area contributed by atoms with Crippen molar-refractivity contribution in [3.05, 3.63) is 52.2 Å². The van der Waals surface area contributed by atoms with Gasteiger partial charge in [0.2, 0.25) is 11.8 Å². The van der Waals surface area contributed by atoms with Gasteiger partial charge in [-0.2, -0.15) is 0 Å². The van der Waals surface area contributed by atoms with E-state index in [-0.39, 0.29) is 36.3 Å². The van der Waals surface area contributed by atoms with Crippen LogP contribution in [0.1, 0.15) is 42.7 Å². The first kappa shape index (κ1) is 21.0. The summed E-state index contributed by atoms with van der Waals surface area (Å²) in [6.07, 6.45) is 0.888. The fourth-order valence-electron chi connectivity index (χ4n) is 3.70. The van der Waals surface area contributed by atoms with Gasteiger partial charge in [0.25, 0.3) is 0 Å². The molecule has 0 bridgehead atoms. The quantitative estimate of drug-likeness (QED) is 0.733. The molecule has 1 aromatic carbocycles. The summed E-state index contributed by atoms with van der Waals surface area (Å²) in [4.78, 5) is 40.3. The van der Waals surface area contributed by atoms with E-state index in [1.165, 1.54) is 18.4 Å². The van der Waals surface area contributed by atoms with Gasteiger partial charge in [0.1, 0.15) is 0 Å². The smallest absolute Gasteiger partial charge is 0.307 e. The topological polar surface area (TPSA) is 75.7 Å². The van der Waals surface area contributed by atoms with Gasteiger partial charge < -0.3 is 15.0 Å². The highest BCUT2D eigenvalue weighted by Gasteiger charge is 2.42. The Labute approximate surface area is 174 Å². The number of benzene rings is 1. The van der Waals surface area contributed by atoms with Gasteiger partial charge >= 0.3 is 5.97 Å². The molecule has 29 heavy (non-hydrogen) atoms. The monoisotopic (exact) mass is 414 g/mol. The van der Waals surface area contributed by atoms with E-state index < -0.39 is 5.92 Å². The van der Waals surface area contributed by atoms with Crippen molar-refractivity contribution in [2.75, 3.05) is 12.0 Å². The molecule has 1 N–H and O–H groups in total. The number of esters is 1. The average Bonchev–Trinajstić information content (AvgIpc) is 3.22. The molecular formula is C22H26N2O4S. The van der Waals surface area contributed by atoms with Crippen molar-refractivity contribution < 1.29 is 19.1 Å². The van der Waals surface area contributed by atoms with Crippen molar-refractivity contribution >= 4 is 34.8 Å². The van der Waals surface area contributed by atoms with Gasteiger partial charge in [-0.25, -0.2) is 0 Å². The molecule has 1 fully saturated rings. The van der Waals surface area contributed by atoms with E-state index in [1.807, 2.05) is 48.7 Å². The molecule has 0 saturated carbocycles. The first-order chi connectivity index (χ1) is 13.9. The molecule has 3 rings (SSSR count). The molecule has 2 amide bonds. The van der Waals surface area contributed by atoms with Crippen LogP contribution in [0.4, 0.5) is 5.69 Å². The number of nitrogens with zero attached hydrogens (tertiary/aromatic N) is 1. The molecule has 0 spiro atoms. The molecular weight excluding hydrogens is 388 g/mol. The maximum Gasteiger partial charge on any atom is 0.307 e. The molecule has 0 radical (unpaired) electrons. The number of anilines is 1. The van der Waals surface area contributed by atoms with Crippen molar-refractivity contribution in [2.45, 2.75) is 45.2 Å². The molecule has 7 heteroatoms. The van der Waals surface area contributed by atoms with E-state index in [9.17, 15) is 14.4 Å². The van der Waals surface area contributed by atoms with Gasteiger partial charge in [0, 0.05) is 23.0 Å². The number of piperidine rings is 1. The second-order valence-corrected chi connectivity index (χ2v) is 8.37. The lowest BCUT2D eigenvalue weighted by Gasteiger charge is -2.40. The Morgan fingerprint density at radius 1 is 1.28 bits per heavy atom. The van der Waals surface area contributed by atoms with Crippen LogP contribution in [0.3, 0.4) is 0 Å². The second kappa shape index (κ2) is 9.22. The van der Waals surface area contributed by atoms with Gasteiger partial charge in [-0.05, 0) is 43.8 Å². The number of nitrogens with one attached hydrogen (secondary N) is 1. The number of amides is 2. The minimum atomic E-state index is -0.396. The van der Waals surface area contributed by atoms with Crippen molar-refractivity contribution in [3.63, 3.8) is 0 Å². The highest BCUT2D eigenvalue weighted by molar-refractivity contribution is 7.10. The van der Waals surface area contributed by atoms with E-state index >= 15 is 0 Å². The van der Waals surface area contributed by atoms with E-state index in [1.54, 1.807) is 11.8 Å². The van der Waals surface area contributed by atoms with Crippen molar-refractivity contribution in [2.24, 2.45) is 5.92 Å². The standard InChI is InChI=1S/C22H26N2O4S/c1-14-6-8-16(9-7-14)24-19(25)11-10-17(21(24)18-5-4-12-29-18)22(27)23-15(2)13-20(26)28-3/h4-9,12,15,17,21H,10-11,13H2,1-3H3,(H,23,27). The fraction of sp³-hybridized carbons (Fsp3) is 0.409. The molecule has 154 valence electrons. The van der Waals surface area contributed by atoms with Crippen LogP contribution >= 0.6 is 11.3 Å². The molecule has 0 aliphatic carbocycles. The van der Waals surface area contributed by atoms with Gasteiger partial charge in [0.15, 0.2) is 0 Å². The predicted octanol–water partition coefficient (Wildman–Crippen LogP) is 3.61. The number of ether oxygens (including phenoxy) is 1. The zero-order valence-corrected chi connectivity index (χ0v) is 17.7. The van der Waals surface area contributed by atoms with Crippen molar-refractivity contribution in [1.82, 2.24) is 5.32 Å². The Balaban J connectivity index is 1.89. The summed E-state index contributed by atoms with van der Waals surface area (Å²) in [5.74, 6) is -0.899. The molecule has 1 aromatic heterocycles. The Hall–Kier alpha value is -2.67. The number of hydrogen-bond donors (Lipinski definition) is 1. The van der Waals surface area contributed by atoms with E-state index in [0.29, 0.717) is 12.8 Å². The van der Waals surface area contributed by atoms with Gasteiger partial charge in [-0.15, -0.1) is 11.3 Å². The summed E-state index contributed by atoms with van der Waals surface area (Å²) in [5.41, 5.74) is 1.90. The van der Waals surface area contributed by atoms with Crippen LogP contribution in [0, 0.1) is 12.8 Å². The molecule has 1 saturated heterocycles. The molecule has 2 heterocycles.